The lowest BCUT2D eigenvalue weighted by molar-refractivity contribution is 0.434. The molecule has 0 spiro atoms. The van der Waals surface area contributed by atoms with Crippen molar-refractivity contribution < 1.29 is 4.39 Å². The van der Waals surface area contributed by atoms with E-state index in [0.717, 1.165) is 5.56 Å². The van der Waals surface area contributed by atoms with Crippen LogP contribution in [-0.4, -0.2) is 18.2 Å². The molecule has 3 heteroatoms. The van der Waals surface area contributed by atoms with Gasteiger partial charge >= 0.3 is 0 Å². The average Bonchev–Trinajstić information content (AvgIpc) is 2.09. The van der Waals surface area contributed by atoms with E-state index in [1.807, 2.05) is 6.07 Å². The second kappa shape index (κ2) is 4.03. The molecule has 0 aromatic carbocycles. The minimum atomic E-state index is -0.414. The monoisotopic (exact) mass is 154 g/mol. The molecule has 1 atom stereocenters. The number of nitrogens with two attached hydrogens (primary N) is 1. The maximum absolute atomic E-state index is 12.2. The summed E-state index contributed by atoms with van der Waals surface area (Å²) in [7, 11) is 0. The van der Waals surface area contributed by atoms with Crippen LogP contribution >= 0.6 is 0 Å². The number of aromatic nitrogens is 1. The molecule has 1 rings (SSSR count). The minimum absolute atomic E-state index is 0.191. The number of halogens is 1. The molecule has 0 fully saturated rings. The Morgan fingerprint density at radius 1 is 1.64 bits per heavy atom. The molecule has 2 N–H and O–H groups in total. The van der Waals surface area contributed by atoms with Gasteiger partial charge in [-0.1, -0.05) is 6.07 Å². The molecule has 1 heterocycles. The maximum Gasteiger partial charge on any atom is 0.0975 e. The van der Waals surface area contributed by atoms with Crippen LogP contribution in [0.5, 0.6) is 0 Å². The normalized spacial score (nSPS) is 12.9. The van der Waals surface area contributed by atoms with Gasteiger partial charge in [0.1, 0.15) is 0 Å². The molecular weight excluding hydrogens is 143 g/mol. The van der Waals surface area contributed by atoms with Gasteiger partial charge in [-0.3, -0.25) is 9.37 Å². The van der Waals surface area contributed by atoms with Gasteiger partial charge in [-0.2, -0.15) is 0 Å². The highest BCUT2D eigenvalue weighted by atomic mass is 19.1. The van der Waals surface area contributed by atoms with Gasteiger partial charge in [0.2, 0.25) is 0 Å². The Bertz CT molecular complexity index is 197. The SMILES string of the molecule is NCC(CF)c1cccnc1. The fourth-order valence-electron chi connectivity index (χ4n) is 0.906. The fourth-order valence-corrected chi connectivity index (χ4v) is 0.906. The summed E-state index contributed by atoms with van der Waals surface area (Å²) in [5.41, 5.74) is 6.22. The first-order valence-corrected chi connectivity index (χ1v) is 3.54. The van der Waals surface area contributed by atoms with Crippen LogP contribution in [0, 0.1) is 0 Å². The fraction of sp³-hybridized carbons (Fsp3) is 0.375. The molecule has 0 saturated heterocycles. The summed E-state index contributed by atoms with van der Waals surface area (Å²) in [5, 5.41) is 0. The van der Waals surface area contributed by atoms with Crippen molar-refractivity contribution in [2.24, 2.45) is 5.73 Å². The van der Waals surface area contributed by atoms with Crippen molar-refractivity contribution in [1.29, 1.82) is 0 Å². The zero-order valence-electron chi connectivity index (χ0n) is 6.20. The summed E-state index contributed by atoms with van der Waals surface area (Å²) < 4.78 is 12.2. The number of hydrogen-bond acceptors (Lipinski definition) is 2. The van der Waals surface area contributed by atoms with Crippen LogP contribution in [-0.2, 0) is 0 Å². The molecule has 60 valence electrons. The lowest BCUT2D eigenvalue weighted by Gasteiger charge is -2.08. The summed E-state index contributed by atoms with van der Waals surface area (Å²) in [6.45, 7) is -0.0790. The second-order valence-corrected chi connectivity index (χ2v) is 2.37. The third-order valence-corrected chi connectivity index (χ3v) is 1.63. The van der Waals surface area contributed by atoms with E-state index in [1.54, 1.807) is 18.5 Å². The molecule has 0 radical (unpaired) electrons. The van der Waals surface area contributed by atoms with Crippen LogP contribution < -0.4 is 5.73 Å². The predicted molar refractivity (Wildman–Crippen MR) is 42.0 cm³/mol. The molecule has 0 amide bonds. The Morgan fingerprint density at radius 2 is 2.45 bits per heavy atom. The molecule has 1 aromatic heterocycles. The molecule has 1 aromatic rings. The molecular formula is C8H11FN2. The van der Waals surface area contributed by atoms with Gasteiger partial charge in [-0.05, 0) is 11.6 Å². The lowest BCUT2D eigenvalue weighted by atomic mass is 10.0. The van der Waals surface area contributed by atoms with Gasteiger partial charge in [-0.15, -0.1) is 0 Å². The Balaban J connectivity index is 2.74. The number of hydrogen-bond donors (Lipinski definition) is 1. The third kappa shape index (κ3) is 1.98. The highest BCUT2D eigenvalue weighted by Crippen LogP contribution is 2.12. The van der Waals surface area contributed by atoms with Crippen LogP contribution in [0.1, 0.15) is 11.5 Å². The Labute approximate surface area is 65.3 Å². The van der Waals surface area contributed by atoms with Gasteiger partial charge < -0.3 is 5.73 Å². The van der Waals surface area contributed by atoms with Crippen LogP contribution in [0.3, 0.4) is 0 Å². The highest BCUT2D eigenvalue weighted by molar-refractivity contribution is 5.14. The van der Waals surface area contributed by atoms with E-state index in [0.29, 0.717) is 6.54 Å². The van der Waals surface area contributed by atoms with Crippen LogP contribution in [0.15, 0.2) is 24.5 Å². The second-order valence-electron chi connectivity index (χ2n) is 2.37. The zero-order valence-corrected chi connectivity index (χ0v) is 6.20. The molecule has 1 unspecified atom stereocenters. The molecule has 0 aliphatic heterocycles. The zero-order chi connectivity index (χ0) is 8.10. The van der Waals surface area contributed by atoms with E-state index in [9.17, 15) is 4.39 Å². The van der Waals surface area contributed by atoms with Crippen LogP contribution in [0.25, 0.3) is 0 Å². The maximum atomic E-state index is 12.2. The van der Waals surface area contributed by atoms with E-state index in [2.05, 4.69) is 4.98 Å². The first kappa shape index (κ1) is 8.14. The van der Waals surface area contributed by atoms with E-state index in [1.165, 1.54) is 0 Å². The smallest absolute Gasteiger partial charge is 0.0975 e. The number of nitrogens with zero attached hydrogens (tertiary/aromatic N) is 1. The summed E-state index contributed by atoms with van der Waals surface area (Å²) in [5.74, 6) is -0.191. The predicted octanol–water partition coefficient (Wildman–Crippen LogP) is 1.09. The topological polar surface area (TPSA) is 38.9 Å². The Hall–Kier alpha value is -0.960. The van der Waals surface area contributed by atoms with Crippen molar-refractivity contribution >= 4 is 0 Å². The molecule has 2 nitrogen and oxygen atoms in total. The van der Waals surface area contributed by atoms with Crippen molar-refractivity contribution in [3.8, 4) is 0 Å². The minimum Gasteiger partial charge on any atom is -0.330 e. The largest absolute Gasteiger partial charge is 0.330 e. The van der Waals surface area contributed by atoms with E-state index in [4.69, 9.17) is 5.73 Å². The van der Waals surface area contributed by atoms with E-state index < -0.39 is 6.67 Å². The van der Waals surface area contributed by atoms with E-state index >= 15 is 0 Å². The van der Waals surface area contributed by atoms with Crippen molar-refractivity contribution in [2.75, 3.05) is 13.2 Å². The Morgan fingerprint density at radius 3 is 2.91 bits per heavy atom. The summed E-state index contributed by atoms with van der Waals surface area (Å²) in [6.07, 6.45) is 3.31. The van der Waals surface area contributed by atoms with Crippen molar-refractivity contribution in [3.63, 3.8) is 0 Å². The summed E-state index contributed by atoms with van der Waals surface area (Å²) in [4.78, 5) is 3.88. The number of alkyl halides is 1. The standard InChI is InChI=1S/C8H11FN2/c9-4-8(5-10)7-2-1-3-11-6-7/h1-3,6,8H,4-5,10H2. The lowest BCUT2D eigenvalue weighted by Crippen LogP contribution is -2.14. The van der Waals surface area contributed by atoms with Crippen molar-refractivity contribution in [2.45, 2.75) is 5.92 Å². The van der Waals surface area contributed by atoms with Gasteiger partial charge in [0.25, 0.3) is 0 Å². The van der Waals surface area contributed by atoms with Gasteiger partial charge in [-0.25, -0.2) is 0 Å². The number of rotatable bonds is 3. The van der Waals surface area contributed by atoms with Gasteiger partial charge in [0.05, 0.1) is 6.67 Å². The van der Waals surface area contributed by atoms with Crippen molar-refractivity contribution in [3.05, 3.63) is 30.1 Å². The molecule has 0 saturated carbocycles. The highest BCUT2D eigenvalue weighted by Gasteiger charge is 2.07. The van der Waals surface area contributed by atoms with E-state index in [-0.39, 0.29) is 5.92 Å². The average molecular weight is 154 g/mol. The summed E-state index contributed by atoms with van der Waals surface area (Å²) >= 11 is 0. The number of pyridine rings is 1. The molecule has 0 aliphatic rings. The van der Waals surface area contributed by atoms with Gasteiger partial charge in [0, 0.05) is 24.9 Å². The van der Waals surface area contributed by atoms with Crippen LogP contribution in [0.2, 0.25) is 0 Å². The quantitative estimate of drug-likeness (QED) is 0.707. The third-order valence-electron chi connectivity index (χ3n) is 1.63. The van der Waals surface area contributed by atoms with Crippen LogP contribution in [0.4, 0.5) is 4.39 Å². The summed E-state index contributed by atoms with van der Waals surface area (Å²) in [6, 6.07) is 3.62. The molecule has 11 heavy (non-hydrogen) atoms. The Kier molecular flexibility index (Phi) is 2.98. The van der Waals surface area contributed by atoms with Gasteiger partial charge in [0.15, 0.2) is 0 Å². The first-order chi connectivity index (χ1) is 5.38. The first-order valence-electron chi connectivity index (χ1n) is 3.54. The molecule has 0 aliphatic carbocycles. The van der Waals surface area contributed by atoms with Crippen molar-refractivity contribution in [1.82, 2.24) is 4.98 Å². The molecule has 0 bridgehead atoms.